The van der Waals surface area contributed by atoms with Gasteiger partial charge < -0.3 is 14.9 Å². The van der Waals surface area contributed by atoms with Gasteiger partial charge in [-0.2, -0.15) is 0 Å². The van der Waals surface area contributed by atoms with Gasteiger partial charge in [0.15, 0.2) is 0 Å². The number of fused-ring (bicyclic) bond motifs is 2. The van der Waals surface area contributed by atoms with Crippen LogP contribution >= 0.6 is 17.0 Å². The molecule has 2 aliphatic rings. The summed E-state index contributed by atoms with van der Waals surface area (Å²) >= 11 is -0.826. The maximum absolute atomic E-state index is 4.93. The molecule has 3 heteroatoms. The molecule has 4 aromatic rings. The van der Waals surface area contributed by atoms with Crippen molar-refractivity contribution in [3.05, 3.63) is 111 Å². The molecule has 6 rings (SSSR count). The number of benzene rings is 4. The Labute approximate surface area is 244 Å². The minimum atomic E-state index is -0.826. The molecule has 0 spiro atoms. The predicted molar refractivity (Wildman–Crippen MR) is 164 cm³/mol. The van der Waals surface area contributed by atoms with E-state index >= 15 is 0 Å². The first kappa shape index (κ1) is 32.1. The summed E-state index contributed by atoms with van der Waals surface area (Å²) in [7, 11) is 9.87. The molecule has 2 fully saturated rings. The number of rotatable bonds is 4. The van der Waals surface area contributed by atoms with Gasteiger partial charge in [-0.15, -0.1) is 0 Å². The summed E-state index contributed by atoms with van der Waals surface area (Å²) < 4.78 is 0. The van der Waals surface area contributed by atoms with Crippen LogP contribution in [0.5, 0.6) is 0 Å². The second kappa shape index (κ2) is 17.5. The Hall–Kier alpha value is -1.14. The Kier molecular flexibility index (Phi) is 15.1. The summed E-state index contributed by atoms with van der Waals surface area (Å²) in [5.74, 6) is 1.89. The quantitative estimate of drug-likeness (QED) is 0.201. The maximum Gasteiger partial charge on any atom is -0.0181 e. The van der Waals surface area contributed by atoms with E-state index < -0.39 is 20.8 Å². The van der Waals surface area contributed by atoms with Gasteiger partial charge in [-0.3, -0.25) is 0 Å². The average molecular weight is 613 g/mol. The van der Waals surface area contributed by atoms with Crippen molar-refractivity contribution in [3.8, 4) is 0 Å². The standard InChI is InChI=1S/2C16H18.2CH3.2ClH.Zr/c2*1-2-6-13(5-1)11-14-9-10-15-7-3-4-8-16(15)12-14;;;;;/h2*3-4,7-10,12-13H,1-2,5-6,11H2;2*1H3;2*1H;/q;;2*-1;;;+4/p-2. The van der Waals surface area contributed by atoms with Crippen LogP contribution in [0.4, 0.5) is 0 Å². The molecule has 0 unspecified atom stereocenters. The third-order valence-electron chi connectivity index (χ3n) is 7.63. The number of halogens is 2. The van der Waals surface area contributed by atoms with Crippen LogP contribution in [0.25, 0.3) is 21.5 Å². The van der Waals surface area contributed by atoms with Crippen molar-refractivity contribution in [2.75, 3.05) is 0 Å². The molecule has 0 nitrogen and oxygen atoms in total. The van der Waals surface area contributed by atoms with Gasteiger partial charge in [-0.25, -0.2) is 0 Å². The van der Waals surface area contributed by atoms with E-state index in [-0.39, 0.29) is 14.9 Å². The summed E-state index contributed by atoms with van der Waals surface area (Å²) in [6, 6.07) is 31.2. The molecule has 2 saturated carbocycles. The molecule has 196 valence electrons. The zero-order valence-electron chi connectivity index (χ0n) is 22.6. The molecule has 37 heavy (non-hydrogen) atoms. The van der Waals surface area contributed by atoms with Crippen molar-refractivity contribution in [2.24, 2.45) is 11.8 Å². The van der Waals surface area contributed by atoms with Gasteiger partial charge in [0.2, 0.25) is 0 Å². The van der Waals surface area contributed by atoms with Gasteiger partial charge >= 0.3 is 37.9 Å². The number of hydrogen-bond donors (Lipinski definition) is 0. The van der Waals surface area contributed by atoms with Crippen molar-refractivity contribution in [1.82, 2.24) is 0 Å². The molecule has 0 aromatic heterocycles. The van der Waals surface area contributed by atoms with Crippen molar-refractivity contribution in [3.63, 3.8) is 0 Å². The molecule has 0 amide bonds. The molecule has 2 aliphatic carbocycles. The largest absolute Gasteiger partial charge is 0.0616 e. The first-order valence-corrected chi connectivity index (χ1v) is 19.5. The van der Waals surface area contributed by atoms with Gasteiger partial charge in [-0.05, 0) is 57.3 Å². The van der Waals surface area contributed by atoms with Crippen LogP contribution in [0.3, 0.4) is 0 Å². The second-order valence-electron chi connectivity index (χ2n) is 10.1. The Balaban J connectivity index is 0.000000225. The first-order chi connectivity index (χ1) is 17.2. The number of hydrogen-bond acceptors (Lipinski definition) is 0. The van der Waals surface area contributed by atoms with Gasteiger partial charge in [0.25, 0.3) is 0 Å². The molecule has 0 atom stereocenters. The topological polar surface area (TPSA) is 0 Å². The molecule has 0 bridgehead atoms. The SMILES string of the molecule is [CH3-].[CH3-].[Cl][Zr+2][Cl].c1ccc2cc(CC3CCCC3)ccc2c1.c1ccc2cc(CC3CCCC3)ccc2c1. The normalized spacial score (nSPS) is 15.0. The van der Waals surface area contributed by atoms with Gasteiger partial charge in [-0.1, -0.05) is 136 Å². The Bertz CT molecular complexity index is 1080. The van der Waals surface area contributed by atoms with Gasteiger partial charge in [0.1, 0.15) is 0 Å². The van der Waals surface area contributed by atoms with Crippen molar-refractivity contribution < 1.29 is 20.8 Å². The van der Waals surface area contributed by atoms with E-state index in [1.54, 1.807) is 0 Å². The van der Waals surface area contributed by atoms with Crippen LogP contribution in [0, 0.1) is 26.7 Å². The van der Waals surface area contributed by atoms with Crippen molar-refractivity contribution in [1.29, 1.82) is 0 Å². The minimum Gasteiger partial charge on any atom is -0.0616 e. The fourth-order valence-corrected chi connectivity index (χ4v) is 5.83. The van der Waals surface area contributed by atoms with E-state index in [0.717, 1.165) is 11.8 Å². The van der Waals surface area contributed by atoms with E-state index in [4.69, 9.17) is 17.0 Å². The summed E-state index contributed by atoms with van der Waals surface area (Å²) in [4.78, 5) is 0. The summed E-state index contributed by atoms with van der Waals surface area (Å²) in [5, 5.41) is 5.49. The summed E-state index contributed by atoms with van der Waals surface area (Å²) in [5.41, 5.74) is 3.04. The fraction of sp³-hybridized carbons (Fsp3) is 0.353. The van der Waals surface area contributed by atoms with Crippen LogP contribution in [-0.2, 0) is 33.7 Å². The summed E-state index contributed by atoms with van der Waals surface area (Å²) in [6.07, 6.45) is 14.1. The smallest absolute Gasteiger partial charge is 0.0181 e. The van der Waals surface area contributed by atoms with Crippen LogP contribution in [-0.4, -0.2) is 0 Å². The van der Waals surface area contributed by atoms with E-state index in [0.29, 0.717) is 0 Å². The monoisotopic (exact) mass is 610 g/mol. The van der Waals surface area contributed by atoms with Crippen LogP contribution < -0.4 is 0 Å². The van der Waals surface area contributed by atoms with E-state index in [1.807, 2.05) is 0 Å². The van der Waals surface area contributed by atoms with E-state index in [1.165, 1.54) is 96.9 Å². The van der Waals surface area contributed by atoms with Crippen molar-refractivity contribution in [2.45, 2.75) is 64.2 Å². The fourth-order valence-electron chi connectivity index (χ4n) is 5.83. The minimum absolute atomic E-state index is 0. The molecule has 0 heterocycles. The van der Waals surface area contributed by atoms with Crippen molar-refractivity contribution >= 4 is 38.6 Å². The van der Waals surface area contributed by atoms with Crippen LogP contribution in [0.1, 0.15) is 62.5 Å². The Morgan fingerprint density at radius 1 is 0.514 bits per heavy atom. The van der Waals surface area contributed by atoms with Gasteiger partial charge in [0, 0.05) is 0 Å². The Morgan fingerprint density at radius 3 is 1.19 bits per heavy atom. The van der Waals surface area contributed by atoms with Crippen LogP contribution in [0.2, 0.25) is 0 Å². The molecule has 0 aliphatic heterocycles. The predicted octanol–water partition coefficient (Wildman–Crippen LogP) is 11.4. The molecule has 0 radical (unpaired) electrons. The zero-order chi connectivity index (χ0) is 24.3. The average Bonchev–Trinajstić information content (AvgIpc) is 3.60. The second-order valence-corrected chi connectivity index (χ2v) is 13.9. The van der Waals surface area contributed by atoms with Crippen LogP contribution in [0.15, 0.2) is 84.9 Å². The molecular weight excluding hydrogens is 571 g/mol. The maximum atomic E-state index is 4.93. The molecular formula is C34H42Cl2Zr. The third-order valence-corrected chi connectivity index (χ3v) is 7.63. The summed E-state index contributed by atoms with van der Waals surface area (Å²) in [6.45, 7) is 0. The molecule has 0 N–H and O–H groups in total. The third kappa shape index (κ3) is 10.2. The molecule has 4 aromatic carbocycles. The molecule has 0 saturated heterocycles. The zero-order valence-corrected chi connectivity index (χ0v) is 26.5. The Morgan fingerprint density at radius 2 is 0.838 bits per heavy atom. The van der Waals surface area contributed by atoms with E-state index in [9.17, 15) is 0 Å². The first-order valence-electron chi connectivity index (χ1n) is 13.2. The van der Waals surface area contributed by atoms with E-state index in [2.05, 4.69) is 84.9 Å². The van der Waals surface area contributed by atoms with Gasteiger partial charge in [0.05, 0.1) is 0 Å².